The van der Waals surface area contributed by atoms with E-state index < -0.39 is 17.2 Å². The van der Waals surface area contributed by atoms with Crippen LogP contribution < -0.4 is 4.31 Å². The third kappa shape index (κ3) is 5.61. The molecule has 0 aliphatic rings. The summed E-state index contributed by atoms with van der Waals surface area (Å²) in [5.41, 5.74) is 3.40. The molecule has 2 N–H and O–H groups in total. The van der Waals surface area contributed by atoms with Crippen molar-refractivity contribution in [1.29, 1.82) is 0 Å². The maximum atomic E-state index is 13.0. The summed E-state index contributed by atoms with van der Waals surface area (Å²) >= 11 is 4.95. The molecular weight excluding hydrogens is 518 g/mol. The minimum absolute atomic E-state index is 0.197. The van der Waals surface area contributed by atoms with E-state index in [1.807, 2.05) is 34.9 Å². The average Bonchev–Trinajstić information content (AvgIpc) is 3.47. The molecule has 0 fully saturated rings. The summed E-state index contributed by atoms with van der Waals surface area (Å²) in [6.07, 6.45) is 2.78. The van der Waals surface area contributed by atoms with Gasteiger partial charge in [-0.3, -0.25) is 9.35 Å². The summed E-state index contributed by atoms with van der Waals surface area (Å²) in [7, 11) is 0. The number of benzene rings is 2. The molecule has 0 aliphatic carbocycles. The molecule has 0 saturated carbocycles. The molecule has 0 spiro atoms. The van der Waals surface area contributed by atoms with Crippen LogP contribution in [0, 0.1) is 0 Å². The smallest absolute Gasteiger partial charge is 0.272 e. The van der Waals surface area contributed by atoms with Gasteiger partial charge in [0.1, 0.15) is 10.8 Å². The van der Waals surface area contributed by atoms with Gasteiger partial charge in [0.25, 0.3) is 17.2 Å². The van der Waals surface area contributed by atoms with E-state index >= 15 is 0 Å². The van der Waals surface area contributed by atoms with Crippen molar-refractivity contribution >= 4 is 45.1 Å². The Kier molecular flexibility index (Phi) is 8.71. The van der Waals surface area contributed by atoms with Crippen molar-refractivity contribution in [2.45, 2.75) is 39.3 Å². The van der Waals surface area contributed by atoms with Crippen molar-refractivity contribution in [3.8, 4) is 11.1 Å². The quantitative estimate of drug-likeness (QED) is 0.242. The highest BCUT2D eigenvalue weighted by atomic mass is 35.5. The maximum absolute atomic E-state index is 13.0. The van der Waals surface area contributed by atoms with Gasteiger partial charge in [-0.05, 0) is 41.1 Å². The molecule has 2 aromatic heterocycles. The van der Waals surface area contributed by atoms with E-state index in [0.29, 0.717) is 33.5 Å². The van der Waals surface area contributed by atoms with E-state index in [1.54, 1.807) is 35.7 Å². The van der Waals surface area contributed by atoms with Gasteiger partial charge in [-0.25, -0.2) is 9.19 Å². The van der Waals surface area contributed by atoms with E-state index in [-0.39, 0.29) is 6.61 Å². The van der Waals surface area contributed by atoms with Crippen LogP contribution in [0.1, 0.15) is 47.2 Å². The number of amides is 1. The number of halogens is 1. The van der Waals surface area contributed by atoms with Crippen LogP contribution >= 0.6 is 22.9 Å². The number of aliphatic hydroxyl groups is 1. The number of hydrogen-bond donors (Lipinski definition) is 2. The lowest BCUT2D eigenvalue weighted by atomic mass is 10.1. The number of carbonyl (C=O) groups excluding carboxylic acids is 1. The molecule has 0 bridgehead atoms. The first kappa shape index (κ1) is 26.2. The maximum Gasteiger partial charge on any atom is 0.272 e. The molecule has 4 aromatic rings. The fraction of sp³-hybridized carbons (Fsp3) is 0.231. The van der Waals surface area contributed by atoms with Crippen LogP contribution in [0.4, 0.5) is 5.00 Å². The first-order valence-electron chi connectivity index (χ1n) is 11.5. The van der Waals surface area contributed by atoms with E-state index in [1.165, 1.54) is 11.3 Å². The highest BCUT2D eigenvalue weighted by Gasteiger charge is 2.27. The Balaban J connectivity index is 1.62. The van der Waals surface area contributed by atoms with Crippen molar-refractivity contribution in [1.82, 2.24) is 9.55 Å². The Labute approximate surface area is 221 Å². The average molecular weight is 544 g/mol. The number of rotatable bonds is 10. The van der Waals surface area contributed by atoms with Crippen molar-refractivity contribution in [2.24, 2.45) is 0 Å². The number of unbranched alkanes of at least 4 members (excludes halogenated alkanes) is 1. The van der Waals surface area contributed by atoms with Crippen LogP contribution in [0.3, 0.4) is 0 Å². The second kappa shape index (κ2) is 11.9. The van der Waals surface area contributed by atoms with Crippen LogP contribution in [0.25, 0.3) is 11.1 Å². The monoisotopic (exact) mass is 543 g/mol. The SMILES string of the molecule is CCCCc1nc(Cl)c(CO)n1Cc1ccc(-c2ccsc2N(C(=O)c2ccccc2)S(=O)O)cc1. The third-order valence-electron chi connectivity index (χ3n) is 5.80. The Bertz CT molecular complexity index is 1350. The van der Waals surface area contributed by atoms with Crippen LogP contribution in [0.15, 0.2) is 66.0 Å². The lowest BCUT2D eigenvalue weighted by Crippen LogP contribution is -2.32. The number of anilines is 1. The summed E-state index contributed by atoms with van der Waals surface area (Å²) < 4.78 is 25.0. The summed E-state index contributed by atoms with van der Waals surface area (Å²) in [5.74, 6) is 0.292. The van der Waals surface area contributed by atoms with Crippen molar-refractivity contribution in [3.63, 3.8) is 0 Å². The van der Waals surface area contributed by atoms with Gasteiger partial charge >= 0.3 is 0 Å². The topological polar surface area (TPSA) is 95.7 Å². The molecule has 0 radical (unpaired) electrons. The number of aryl methyl sites for hydroxylation is 1. The summed E-state index contributed by atoms with van der Waals surface area (Å²) in [4.78, 5) is 17.5. The molecule has 7 nitrogen and oxygen atoms in total. The van der Waals surface area contributed by atoms with E-state index in [4.69, 9.17) is 11.6 Å². The third-order valence-corrected chi connectivity index (χ3v) is 7.78. The first-order valence-corrected chi connectivity index (χ1v) is 13.8. The zero-order valence-corrected chi connectivity index (χ0v) is 22.0. The van der Waals surface area contributed by atoms with Gasteiger partial charge in [-0.15, -0.1) is 11.3 Å². The molecule has 1 atom stereocenters. The van der Waals surface area contributed by atoms with Crippen molar-refractivity contribution < 1.29 is 18.7 Å². The number of aliphatic hydroxyl groups excluding tert-OH is 1. The molecule has 188 valence electrons. The van der Waals surface area contributed by atoms with Crippen LogP contribution in [0.5, 0.6) is 0 Å². The molecule has 0 saturated heterocycles. The summed E-state index contributed by atoms with van der Waals surface area (Å²) in [6, 6.07) is 18.0. The van der Waals surface area contributed by atoms with Gasteiger partial charge in [0.15, 0.2) is 5.15 Å². The number of imidazole rings is 1. The molecule has 10 heteroatoms. The standard InChI is InChI=1S/C26H26ClN3O4S2/c1-2-3-9-23-28-24(27)22(17-31)29(23)16-18-10-12-19(13-11-18)21-14-15-35-26(21)30(36(33)34)25(32)20-7-5-4-6-8-20/h4-8,10-15,31H,2-3,9,16-17H2,1H3,(H,33,34). The van der Waals surface area contributed by atoms with Gasteiger partial charge in [0.05, 0.1) is 12.3 Å². The van der Waals surface area contributed by atoms with Crippen molar-refractivity contribution in [2.75, 3.05) is 4.31 Å². The minimum atomic E-state index is -2.54. The van der Waals surface area contributed by atoms with Crippen molar-refractivity contribution in [3.05, 3.63) is 93.8 Å². The Hall–Kier alpha value is -2.82. The number of hydrogen-bond acceptors (Lipinski definition) is 5. The van der Waals surface area contributed by atoms with Gasteiger partial charge in [-0.1, -0.05) is 67.4 Å². The number of carbonyl (C=O) groups is 1. The highest BCUT2D eigenvalue weighted by Crippen LogP contribution is 2.37. The van der Waals surface area contributed by atoms with E-state index in [2.05, 4.69) is 11.9 Å². The molecule has 1 amide bonds. The Morgan fingerprint density at radius 1 is 1.14 bits per heavy atom. The molecule has 2 heterocycles. The fourth-order valence-corrected chi connectivity index (χ4v) is 5.84. The van der Waals surface area contributed by atoms with E-state index in [0.717, 1.165) is 40.5 Å². The number of nitrogens with zero attached hydrogens (tertiary/aromatic N) is 3. The lowest BCUT2D eigenvalue weighted by molar-refractivity contribution is 0.101. The largest absolute Gasteiger partial charge is 0.390 e. The van der Waals surface area contributed by atoms with E-state index in [9.17, 15) is 18.7 Å². The predicted molar refractivity (Wildman–Crippen MR) is 145 cm³/mol. The van der Waals surface area contributed by atoms with Gasteiger partial charge in [0, 0.05) is 24.1 Å². The van der Waals surface area contributed by atoms with Crippen LogP contribution in [-0.2, 0) is 30.8 Å². The lowest BCUT2D eigenvalue weighted by Gasteiger charge is -2.18. The molecule has 1 unspecified atom stereocenters. The molecule has 36 heavy (non-hydrogen) atoms. The van der Waals surface area contributed by atoms with Gasteiger partial charge in [-0.2, -0.15) is 4.31 Å². The summed E-state index contributed by atoms with van der Waals surface area (Å²) in [5, 5.41) is 12.3. The molecular formula is C26H26ClN3O4S2. The second-order valence-corrected chi connectivity index (χ2v) is 10.2. The molecule has 0 aliphatic heterocycles. The predicted octanol–water partition coefficient (Wildman–Crippen LogP) is 5.93. The summed E-state index contributed by atoms with van der Waals surface area (Å²) in [6.45, 7) is 2.42. The van der Waals surface area contributed by atoms with Gasteiger partial charge in [0.2, 0.25) is 0 Å². The van der Waals surface area contributed by atoms with Crippen LogP contribution in [0.2, 0.25) is 5.15 Å². The van der Waals surface area contributed by atoms with Crippen LogP contribution in [-0.4, -0.2) is 29.3 Å². The molecule has 4 rings (SSSR count). The zero-order chi connectivity index (χ0) is 25.7. The Morgan fingerprint density at radius 2 is 1.86 bits per heavy atom. The number of aromatic nitrogens is 2. The minimum Gasteiger partial charge on any atom is -0.390 e. The normalized spacial score (nSPS) is 12.0. The fourth-order valence-electron chi connectivity index (χ4n) is 3.95. The molecule has 2 aromatic carbocycles. The second-order valence-electron chi connectivity index (χ2n) is 8.15. The Morgan fingerprint density at radius 3 is 2.50 bits per heavy atom. The first-order chi connectivity index (χ1) is 17.4. The number of thiophene rings is 1. The van der Waals surface area contributed by atoms with Gasteiger partial charge < -0.3 is 9.67 Å². The zero-order valence-electron chi connectivity index (χ0n) is 19.6. The highest BCUT2D eigenvalue weighted by molar-refractivity contribution is 7.82.